The average Bonchev–Trinajstić information content (AvgIpc) is 2.65. The Hall–Kier alpha value is -2.00. The number of aromatic nitrogens is 2. The highest BCUT2D eigenvalue weighted by Crippen LogP contribution is 2.47. The number of alkyl halides is 1. The lowest BCUT2D eigenvalue weighted by molar-refractivity contribution is -0.153. The van der Waals surface area contributed by atoms with Gasteiger partial charge >= 0.3 is 11.7 Å². The lowest BCUT2D eigenvalue weighted by Crippen LogP contribution is -2.54. The number of halogens is 1. The van der Waals surface area contributed by atoms with Crippen molar-refractivity contribution in [1.29, 1.82) is 0 Å². The van der Waals surface area contributed by atoms with Crippen molar-refractivity contribution in [2.45, 2.75) is 57.2 Å². The molecule has 1 fully saturated rings. The van der Waals surface area contributed by atoms with Crippen LogP contribution in [0.15, 0.2) is 21.9 Å². The van der Waals surface area contributed by atoms with Gasteiger partial charge in [0.05, 0.1) is 0 Å². The molecule has 0 radical (unpaired) electrons. The molecule has 0 spiro atoms. The first-order valence-corrected chi connectivity index (χ1v) is 7.65. The molecule has 4 atom stereocenters. The number of carbonyl (C=O) groups is 1. The van der Waals surface area contributed by atoms with E-state index in [0.29, 0.717) is 11.0 Å². The molecule has 9 heteroatoms. The number of aromatic amines is 1. The van der Waals surface area contributed by atoms with Crippen LogP contribution in [-0.4, -0.2) is 44.6 Å². The quantitative estimate of drug-likeness (QED) is 0.741. The predicted molar refractivity (Wildman–Crippen MR) is 81.2 cm³/mol. The molecule has 1 aliphatic rings. The van der Waals surface area contributed by atoms with Gasteiger partial charge in [-0.1, -0.05) is 6.92 Å². The molecule has 1 aliphatic heterocycles. The summed E-state index contributed by atoms with van der Waals surface area (Å²) >= 11 is 0. The fourth-order valence-corrected chi connectivity index (χ4v) is 2.59. The Bertz CT molecular complexity index is 695. The molecule has 8 nitrogen and oxygen atoms in total. The van der Waals surface area contributed by atoms with Crippen molar-refractivity contribution >= 4 is 5.97 Å². The summed E-state index contributed by atoms with van der Waals surface area (Å²) < 4.78 is 26.1. The van der Waals surface area contributed by atoms with Crippen LogP contribution in [0.25, 0.3) is 0 Å². The van der Waals surface area contributed by atoms with E-state index in [4.69, 9.17) is 9.47 Å². The Morgan fingerprint density at radius 3 is 2.75 bits per heavy atom. The number of nitrogens with one attached hydrogen (secondary N) is 1. The van der Waals surface area contributed by atoms with Crippen molar-refractivity contribution in [2.75, 3.05) is 6.61 Å². The minimum atomic E-state index is -2.47. The first-order chi connectivity index (χ1) is 11.1. The number of esters is 1. The number of hydrogen-bond donors (Lipinski definition) is 2. The molecule has 0 unspecified atom stereocenters. The van der Waals surface area contributed by atoms with E-state index >= 15 is 4.39 Å². The number of aliphatic hydroxyl groups is 1. The molecular formula is C15H21FN2O6. The molecule has 1 aromatic heterocycles. The van der Waals surface area contributed by atoms with Gasteiger partial charge in [-0.15, -0.1) is 0 Å². The van der Waals surface area contributed by atoms with Crippen LogP contribution in [0.4, 0.5) is 4.39 Å². The van der Waals surface area contributed by atoms with Gasteiger partial charge in [-0.25, -0.2) is 13.8 Å². The predicted octanol–water partition coefficient (Wildman–Crippen LogP) is 0.256. The van der Waals surface area contributed by atoms with Crippen molar-refractivity contribution in [2.24, 2.45) is 0 Å². The van der Waals surface area contributed by atoms with E-state index in [1.807, 2.05) is 0 Å². The zero-order chi connectivity index (χ0) is 18.1. The molecule has 0 aromatic carbocycles. The van der Waals surface area contributed by atoms with Gasteiger partial charge in [0.1, 0.15) is 18.3 Å². The van der Waals surface area contributed by atoms with Gasteiger partial charge in [-0.2, -0.15) is 0 Å². The first-order valence-electron chi connectivity index (χ1n) is 7.65. The van der Waals surface area contributed by atoms with E-state index in [-0.39, 0.29) is 13.0 Å². The lowest BCUT2D eigenvalue weighted by Gasteiger charge is -2.32. The van der Waals surface area contributed by atoms with Crippen molar-refractivity contribution in [3.8, 4) is 0 Å². The van der Waals surface area contributed by atoms with Crippen molar-refractivity contribution in [3.63, 3.8) is 0 Å². The molecule has 0 amide bonds. The standard InChI is InChI=1S/C15H21FN2O6/c1-4-5-11(20)23-8-9-15(3,22)14(2,16)12(24-9)18-10(19)6-7-17-13(18)21/h6-7,9,12,22H,4-5,8H2,1-3H3,(H,17,21)/t9-,12+,14+,15+/m1/s1. The van der Waals surface area contributed by atoms with Crippen LogP contribution in [0.5, 0.6) is 0 Å². The fraction of sp³-hybridized carbons (Fsp3) is 0.667. The third-order valence-corrected chi connectivity index (χ3v) is 4.35. The third-order valence-electron chi connectivity index (χ3n) is 4.35. The highest BCUT2D eigenvalue weighted by molar-refractivity contribution is 5.69. The maximum atomic E-state index is 15.2. The number of hydrogen-bond acceptors (Lipinski definition) is 6. The van der Waals surface area contributed by atoms with E-state index in [2.05, 4.69) is 4.98 Å². The highest BCUT2D eigenvalue weighted by Gasteiger charge is 2.63. The summed E-state index contributed by atoms with van der Waals surface area (Å²) in [6.45, 7) is 3.62. The molecule has 0 aliphatic carbocycles. The molecule has 1 saturated heterocycles. The fourth-order valence-electron chi connectivity index (χ4n) is 2.59. The first kappa shape index (κ1) is 18.3. The van der Waals surface area contributed by atoms with Crippen molar-refractivity contribution in [1.82, 2.24) is 9.55 Å². The van der Waals surface area contributed by atoms with Crippen LogP contribution in [0, 0.1) is 0 Å². The van der Waals surface area contributed by atoms with Gasteiger partial charge in [0, 0.05) is 18.7 Å². The second-order valence-electron chi connectivity index (χ2n) is 6.12. The van der Waals surface area contributed by atoms with Gasteiger partial charge in [0.2, 0.25) is 0 Å². The minimum absolute atomic E-state index is 0.184. The van der Waals surface area contributed by atoms with E-state index in [0.717, 1.165) is 19.2 Å². The molecule has 0 bridgehead atoms. The minimum Gasteiger partial charge on any atom is -0.463 e. The number of ether oxygens (including phenoxy) is 2. The molecule has 2 heterocycles. The third kappa shape index (κ3) is 3.01. The van der Waals surface area contributed by atoms with Gasteiger partial charge in [0.25, 0.3) is 5.56 Å². The Kier molecular flexibility index (Phi) is 4.95. The second kappa shape index (κ2) is 6.48. The number of H-pyrrole nitrogens is 1. The lowest BCUT2D eigenvalue weighted by atomic mass is 9.84. The Morgan fingerprint density at radius 1 is 1.50 bits per heavy atom. The molecular weight excluding hydrogens is 323 g/mol. The van der Waals surface area contributed by atoms with Crippen LogP contribution in [0.3, 0.4) is 0 Å². The molecule has 2 rings (SSSR count). The summed E-state index contributed by atoms with van der Waals surface area (Å²) in [5.41, 5.74) is -6.18. The topological polar surface area (TPSA) is 111 Å². The summed E-state index contributed by atoms with van der Waals surface area (Å²) in [5, 5.41) is 10.5. The SMILES string of the molecule is CCCC(=O)OC[C@H]1O[C@H](n2c(=O)cc[nH]c2=O)[C@](C)(F)[C@@]1(C)O. The Labute approximate surface area is 137 Å². The summed E-state index contributed by atoms with van der Waals surface area (Å²) in [6.07, 6.45) is -0.986. The summed E-state index contributed by atoms with van der Waals surface area (Å²) in [7, 11) is 0. The van der Waals surface area contributed by atoms with Crippen LogP contribution in [0.2, 0.25) is 0 Å². The Balaban J connectivity index is 2.31. The maximum Gasteiger partial charge on any atom is 0.330 e. The van der Waals surface area contributed by atoms with Gasteiger partial charge in [0.15, 0.2) is 11.9 Å². The van der Waals surface area contributed by atoms with Crippen LogP contribution < -0.4 is 11.2 Å². The largest absolute Gasteiger partial charge is 0.463 e. The Morgan fingerprint density at radius 2 is 2.17 bits per heavy atom. The van der Waals surface area contributed by atoms with Crippen LogP contribution in [-0.2, 0) is 14.3 Å². The smallest absolute Gasteiger partial charge is 0.330 e. The number of carbonyl (C=O) groups excluding carboxylic acids is 1. The zero-order valence-electron chi connectivity index (χ0n) is 13.7. The normalized spacial score (nSPS) is 32.7. The summed E-state index contributed by atoms with van der Waals surface area (Å²) in [6, 6.07) is 1.05. The van der Waals surface area contributed by atoms with Gasteiger partial charge < -0.3 is 19.6 Å². The van der Waals surface area contributed by atoms with E-state index < -0.39 is 40.8 Å². The van der Waals surface area contributed by atoms with E-state index in [9.17, 15) is 19.5 Å². The molecule has 24 heavy (non-hydrogen) atoms. The molecule has 134 valence electrons. The highest BCUT2D eigenvalue weighted by atomic mass is 19.1. The molecule has 2 N–H and O–H groups in total. The summed E-state index contributed by atoms with van der Waals surface area (Å²) in [5.74, 6) is -0.504. The maximum absolute atomic E-state index is 15.2. The summed E-state index contributed by atoms with van der Waals surface area (Å²) in [4.78, 5) is 37.5. The van der Waals surface area contributed by atoms with Crippen molar-refractivity contribution < 1.29 is 23.8 Å². The second-order valence-corrected chi connectivity index (χ2v) is 6.12. The van der Waals surface area contributed by atoms with E-state index in [1.54, 1.807) is 6.92 Å². The number of rotatable bonds is 5. The average molecular weight is 344 g/mol. The van der Waals surface area contributed by atoms with Crippen LogP contribution in [0.1, 0.15) is 39.8 Å². The van der Waals surface area contributed by atoms with E-state index in [1.165, 1.54) is 6.92 Å². The molecule has 1 aromatic rings. The number of nitrogens with zero attached hydrogens (tertiary/aromatic N) is 1. The van der Waals surface area contributed by atoms with Crippen molar-refractivity contribution in [3.05, 3.63) is 33.1 Å². The van der Waals surface area contributed by atoms with Gasteiger partial charge in [-0.3, -0.25) is 9.59 Å². The zero-order valence-corrected chi connectivity index (χ0v) is 13.7. The molecule has 0 saturated carbocycles. The van der Waals surface area contributed by atoms with Crippen LogP contribution >= 0.6 is 0 Å². The monoisotopic (exact) mass is 344 g/mol. The van der Waals surface area contributed by atoms with Gasteiger partial charge in [-0.05, 0) is 20.3 Å².